The minimum atomic E-state index is -1.01. The van der Waals surface area contributed by atoms with Gasteiger partial charge in [0.15, 0.2) is 0 Å². The Morgan fingerprint density at radius 2 is 1.94 bits per heavy atom. The first kappa shape index (κ1) is 12.2. The number of nitrogens with one attached hydrogen (secondary N) is 2. The summed E-state index contributed by atoms with van der Waals surface area (Å²) in [6.45, 7) is 4.97. The molecule has 0 radical (unpaired) electrons. The van der Waals surface area contributed by atoms with Crippen LogP contribution in [0.4, 0.5) is 4.79 Å². The van der Waals surface area contributed by atoms with Crippen molar-refractivity contribution in [1.29, 1.82) is 0 Å². The number of carbonyl (C=O) groups excluding carboxylic acids is 1. The van der Waals surface area contributed by atoms with Gasteiger partial charge in [0, 0.05) is 6.54 Å². The molecule has 3 N–H and O–H groups in total. The summed E-state index contributed by atoms with van der Waals surface area (Å²) in [6.07, 6.45) is 3.05. The van der Waals surface area contributed by atoms with Crippen LogP contribution in [0.25, 0.3) is 0 Å². The molecule has 17 heavy (non-hydrogen) atoms. The van der Waals surface area contributed by atoms with Gasteiger partial charge in [0.05, 0.1) is 0 Å². The van der Waals surface area contributed by atoms with Crippen LogP contribution in [0.2, 0.25) is 0 Å². The average molecular weight is 240 g/mol. The van der Waals surface area contributed by atoms with Crippen molar-refractivity contribution in [2.24, 2.45) is 11.3 Å². The smallest absolute Gasteiger partial charge is 0.329 e. The van der Waals surface area contributed by atoms with Crippen LogP contribution >= 0.6 is 0 Å². The Labute approximate surface area is 101 Å². The first-order valence-electron chi connectivity index (χ1n) is 6.15. The molecular weight excluding hydrogens is 220 g/mol. The number of urea groups is 1. The summed E-state index contributed by atoms with van der Waals surface area (Å²) in [5.74, 6) is -0.402. The van der Waals surface area contributed by atoms with E-state index >= 15 is 0 Å². The number of hydrogen-bond acceptors (Lipinski definition) is 2. The molecule has 0 aromatic heterocycles. The van der Waals surface area contributed by atoms with Crippen LogP contribution in [0, 0.1) is 11.3 Å². The van der Waals surface area contributed by atoms with Gasteiger partial charge in [0.25, 0.3) is 0 Å². The second kappa shape index (κ2) is 3.89. The highest BCUT2D eigenvalue weighted by molar-refractivity contribution is 5.87. The quantitative estimate of drug-likeness (QED) is 0.694. The van der Waals surface area contributed by atoms with E-state index in [1.165, 1.54) is 0 Å². The van der Waals surface area contributed by atoms with Crippen LogP contribution in [0.3, 0.4) is 0 Å². The molecule has 0 saturated heterocycles. The molecule has 5 nitrogen and oxygen atoms in total. The molecule has 0 aromatic rings. The molecule has 1 unspecified atom stereocenters. The summed E-state index contributed by atoms with van der Waals surface area (Å²) < 4.78 is 0. The van der Waals surface area contributed by atoms with E-state index in [1.807, 2.05) is 0 Å². The molecule has 0 spiro atoms. The molecule has 2 amide bonds. The molecule has 0 bridgehead atoms. The summed E-state index contributed by atoms with van der Waals surface area (Å²) >= 11 is 0. The monoisotopic (exact) mass is 240 g/mol. The third-order valence-electron chi connectivity index (χ3n) is 4.20. The topological polar surface area (TPSA) is 78.4 Å². The molecule has 0 heterocycles. The van der Waals surface area contributed by atoms with Crippen molar-refractivity contribution in [3.05, 3.63) is 0 Å². The van der Waals surface area contributed by atoms with Gasteiger partial charge < -0.3 is 15.7 Å². The van der Waals surface area contributed by atoms with Gasteiger partial charge in [-0.25, -0.2) is 9.59 Å². The molecule has 96 valence electrons. The fraction of sp³-hybridized carbons (Fsp3) is 0.833. The molecule has 2 aliphatic carbocycles. The molecule has 2 fully saturated rings. The summed E-state index contributed by atoms with van der Waals surface area (Å²) in [5.41, 5.74) is -0.683. The lowest BCUT2D eigenvalue weighted by Crippen LogP contribution is -2.61. The van der Waals surface area contributed by atoms with Gasteiger partial charge in [-0.15, -0.1) is 0 Å². The number of carboxylic acids is 1. The summed E-state index contributed by atoms with van der Waals surface area (Å²) in [4.78, 5) is 22.7. The Morgan fingerprint density at radius 1 is 1.35 bits per heavy atom. The number of carboxylic acid groups (broad SMARTS) is 1. The number of aliphatic carboxylic acids is 1. The first-order valence-corrected chi connectivity index (χ1v) is 6.15. The van der Waals surface area contributed by atoms with E-state index in [-0.39, 0.29) is 6.03 Å². The lowest BCUT2D eigenvalue weighted by Gasteiger charge is -2.38. The van der Waals surface area contributed by atoms with E-state index in [4.69, 9.17) is 5.11 Å². The molecule has 2 saturated carbocycles. The first-order chi connectivity index (χ1) is 7.86. The Balaban J connectivity index is 1.76. The molecule has 2 rings (SSSR count). The van der Waals surface area contributed by atoms with Crippen molar-refractivity contribution in [1.82, 2.24) is 10.6 Å². The number of amides is 2. The molecule has 0 aromatic carbocycles. The van der Waals surface area contributed by atoms with Crippen molar-refractivity contribution in [2.45, 2.75) is 45.1 Å². The second-order valence-electron chi connectivity index (χ2n) is 5.97. The second-order valence-corrected chi connectivity index (χ2v) is 5.97. The highest BCUT2D eigenvalue weighted by Gasteiger charge is 2.47. The van der Waals surface area contributed by atoms with Gasteiger partial charge in [-0.3, -0.25) is 0 Å². The highest BCUT2D eigenvalue weighted by Crippen LogP contribution is 2.50. The zero-order valence-electron chi connectivity index (χ0n) is 10.4. The van der Waals surface area contributed by atoms with Gasteiger partial charge in [0.1, 0.15) is 5.54 Å². The van der Waals surface area contributed by atoms with E-state index in [0.717, 1.165) is 12.8 Å². The van der Waals surface area contributed by atoms with Crippen LogP contribution in [-0.4, -0.2) is 29.2 Å². The van der Waals surface area contributed by atoms with Gasteiger partial charge in [-0.1, -0.05) is 13.8 Å². The van der Waals surface area contributed by atoms with Crippen LogP contribution < -0.4 is 10.6 Å². The maximum absolute atomic E-state index is 11.6. The molecule has 0 aliphatic heterocycles. The largest absolute Gasteiger partial charge is 0.480 e. The van der Waals surface area contributed by atoms with Gasteiger partial charge in [-0.05, 0) is 37.0 Å². The van der Waals surface area contributed by atoms with Gasteiger partial charge >= 0.3 is 12.0 Å². The van der Waals surface area contributed by atoms with E-state index in [9.17, 15) is 9.59 Å². The zero-order valence-corrected chi connectivity index (χ0v) is 10.4. The van der Waals surface area contributed by atoms with E-state index < -0.39 is 11.5 Å². The van der Waals surface area contributed by atoms with Crippen LogP contribution in [0.5, 0.6) is 0 Å². The maximum Gasteiger partial charge on any atom is 0.329 e. The van der Waals surface area contributed by atoms with E-state index in [1.54, 1.807) is 0 Å². The maximum atomic E-state index is 11.6. The predicted molar refractivity (Wildman–Crippen MR) is 62.6 cm³/mol. The van der Waals surface area contributed by atoms with Crippen LogP contribution in [-0.2, 0) is 4.79 Å². The van der Waals surface area contributed by atoms with Crippen molar-refractivity contribution in [2.75, 3.05) is 6.54 Å². The fourth-order valence-electron chi connectivity index (χ4n) is 2.32. The van der Waals surface area contributed by atoms with Crippen molar-refractivity contribution in [3.8, 4) is 0 Å². The van der Waals surface area contributed by atoms with E-state index in [2.05, 4.69) is 24.5 Å². The molecule has 2 aliphatic rings. The number of carbonyl (C=O) groups is 2. The summed E-state index contributed by atoms with van der Waals surface area (Å²) in [6, 6.07) is -0.352. The minimum absolute atomic E-state index is 0.328. The zero-order chi connectivity index (χ0) is 12.7. The molecular formula is C12H20N2O3. The Bertz CT molecular complexity index is 348. The molecule has 5 heteroatoms. The van der Waals surface area contributed by atoms with Crippen molar-refractivity contribution >= 4 is 12.0 Å². The molecule has 1 atom stereocenters. The van der Waals surface area contributed by atoms with Crippen LogP contribution in [0.1, 0.15) is 39.5 Å². The lowest BCUT2D eigenvalue weighted by atomic mass is 9.77. The summed E-state index contributed by atoms with van der Waals surface area (Å²) in [5, 5.41) is 14.4. The van der Waals surface area contributed by atoms with Crippen molar-refractivity contribution < 1.29 is 14.7 Å². The SMILES string of the molecule is CC1(C)CC1CNC(=O)NC1(C(=O)O)CCC1. The fourth-order valence-corrected chi connectivity index (χ4v) is 2.32. The average Bonchev–Trinajstić information content (AvgIpc) is 2.76. The lowest BCUT2D eigenvalue weighted by molar-refractivity contribution is -0.148. The van der Waals surface area contributed by atoms with Crippen molar-refractivity contribution in [3.63, 3.8) is 0 Å². The third kappa shape index (κ3) is 2.37. The normalized spacial score (nSPS) is 27.8. The summed E-state index contributed by atoms with van der Waals surface area (Å²) in [7, 11) is 0. The van der Waals surface area contributed by atoms with Crippen LogP contribution in [0.15, 0.2) is 0 Å². The third-order valence-corrected chi connectivity index (χ3v) is 4.20. The van der Waals surface area contributed by atoms with Gasteiger partial charge in [0.2, 0.25) is 0 Å². The standard InChI is InChI=1S/C12H20N2O3/c1-11(2)6-8(11)7-13-10(17)14-12(9(15)16)4-3-5-12/h8H,3-7H2,1-2H3,(H,15,16)(H2,13,14,17). The Hall–Kier alpha value is -1.26. The predicted octanol–water partition coefficient (Wildman–Crippen LogP) is 1.34. The Kier molecular flexibility index (Phi) is 2.79. The van der Waals surface area contributed by atoms with E-state index in [0.29, 0.717) is 30.7 Å². The Morgan fingerprint density at radius 3 is 2.29 bits per heavy atom. The minimum Gasteiger partial charge on any atom is -0.480 e. The highest BCUT2D eigenvalue weighted by atomic mass is 16.4. The number of hydrogen-bond donors (Lipinski definition) is 3. The van der Waals surface area contributed by atoms with Gasteiger partial charge in [-0.2, -0.15) is 0 Å². The number of rotatable bonds is 4.